The normalized spacial score (nSPS) is 21.1. The zero-order chi connectivity index (χ0) is 21.3. The summed E-state index contributed by atoms with van der Waals surface area (Å²) in [7, 11) is 0. The predicted octanol–water partition coefficient (Wildman–Crippen LogP) is 3.63. The number of nitrogens with zero attached hydrogens (tertiary/aromatic N) is 3. The third kappa shape index (κ3) is 4.08. The first-order valence-corrected chi connectivity index (χ1v) is 11.0. The minimum Gasteiger partial charge on any atom is -0.470 e. The lowest BCUT2D eigenvalue weighted by molar-refractivity contribution is 0.0730. The van der Waals surface area contributed by atoms with E-state index >= 15 is 0 Å². The van der Waals surface area contributed by atoms with Crippen molar-refractivity contribution >= 4 is 11.8 Å². The van der Waals surface area contributed by atoms with Crippen molar-refractivity contribution in [3.63, 3.8) is 0 Å². The summed E-state index contributed by atoms with van der Waals surface area (Å²) in [5.41, 5.74) is 15.3. The summed E-state index contributed by atoms with van der Waals surface area (Å²) >= 11 is 0. The molecular weight excluding hydrogens is 386 g/mol. The number of aromatic nitrogens is 2. The summed E-state index contributed by atoms with van der Waals surface area (Å²) in [5.74, 6) is 1.55. The van der Waals surface area contributed by atoms with Crippen molar-refractivity contribution < 1.29 is 4.74 Å². The Hall–Kier alpha value is -3.12. The lowest BCUT2D eigenvalue weighted by Crippen LogP contribution is -2.36. The summed E-state index contributed by atoms with van der Waals surface area (Å²) in [6.07, 6.45) is 3.77. The fourth-order valence-electron chi connectivity index (χ4n) is 5.03. The van der Waals surface area contributed by atoms with Crippen molar-refractivity contribution in [1.82, 2.24) is 14.9 Å². The standard InChI is InChI=1S/C25H29N5O/c26-22-20-16-25(31-23(20)29-24(27)28-22)12-7-14-30(15-13-25)17-21(18-8-3-1-4-9-18)19-10-5-2-6-11-19/h1-6,8-11,21H,7,12-17H2,(H4,26,27,28,29)/t25-/m0/s1. The first-order valence-electron chi connectivity index (χ1n) is 11.0. The van der Waals surface area contributed by atoms with Crippen molar-refractivity contribution in [2.75, 3.05) is 31.1 Å². The highest BCUT2D eigenvalue weighted by atomic mass is 16.5. The quantitative estimate of drug-likeness (QED) is 0.676. The number of nitrogens with two attached hydrogens (primary N) is 2. The molecule has 6 nitrogen and oxygen atoms in total. The topological polar surface area (TPSA) is 90.3 Å². The van der Waals surface area contributed by atoms with Crippen molar-refractivity contribution in [3.8, 4) is 5.88 Å². The molecule has 0 radical (unpaired) electrons. The summed E-state index contributed by atoms with van der Waals surface area (Å²) in [5, 5.41) is 0. The maximum atomic E-state index is 6.36. The number of hydrogen-bond acceptors (Lipinski definition) is 6. The molecule has 5 rings (SSSR count). The molecule has 3 heterocycles. The van der Waals surface area contributed by atoms with Gasteiger partial charge in [0.15, 0.2) is 0 Å². The van der Waals surface area contributed by atoms with Crippen molar-refractivity contribution in [1.29, 1.82) is 0 Å². The Kier molecular flexibility index (Phi) is 5.24. The minimum absolute atomic E-state index is 0.178. The molecule has 2 aliphatic rings. The molecule has 3 aromatic rings. The van der Waals surface area contributed by atoms with Crippen LogP contribution in [0, 0.1) is 0 Å². The van der Waals surface area contributed by atoms with E-state index in [1.165, 1.54) is 11.1 Å². The van der Waals surface area contributed by atoms with Crippen LogP contribution in [0.15, 0.2) is 60.7 Å². The fraction of sp³-hybridized carbons (Fsp3) is 0.360. The Balaban J connectivity index is 1.33. The smallest absolute Gasteiger partial charge is 0.225 e. The second-order valence-corrected chi connectivity index (χ2v) is 8.74. The molecule has 31 heavy (non-hydrogen) atoms. The van der Waals surface area contributed by atoms with Gasteiger partial charge in [-0.25, -0.2) is 0 Å². The van der Waals surface area contributed by atoms with E-state index in [1.807, 2.05) is 0 Å². The van der Waals surface area contributed by atoms with Crippen LogP contribution in [0.25, 0.3) is 0 Å². The van der Waals surface area contributed by atoms with Crippen molar-refractivity contribution in [2.45, 2.75) is 37.2 Å². The second kappa shape index (κ2) is 8.19. The van der Waals surface area contributed by atoms with Crippen LogP contribution in [0.1, 0.15) is 41.9 Å². The average molecular weight is 416 g/mol. The molecule has 0 unspecified atom stereocenters. The van der Waals surface area contributed by atoms with Gasteiger partial charge in [-0.05, 0) is 30.5 Å². The largest absolute Gasteiger partial charge is 0.470 e. The number of fused-ring (bicyclic) bond motifs is 1. The fourth-order valence-corrected chi connectivity index (χ4v) is 5.03. The second-order valence-electron chi connectivity index (χ2n) is 8.74. The predicted molar refractivity (Wildman–Crippen MR) is 123 cm³/mol. The lowest BCUT2D eigenvalue weighted by atomic mass is 9.89. The number of rotatable bonds is 4. The highest BCUT2D eigenvalue weighted by molar-refractivity contribution is 5.52. The van der Waals surface area contributed by atoms with Crippen LogP contribution >= 0.6 is 0 Å². The summed E-state index contributed by atoms with van der Waals surface area (Å²) in [6.45, 7) is 3.03. The first kappa shape index (κ1) is 19.8. The molecule has 0 bridgehead atoms. The van der Waals surface area contributed by atoms with Crippen LogP contribution in [-0.4, -0.2) is 40.1 Å². The zero-order valence-corrected chi connectivity index (χ0v) is 17.7. The van der Waals surface area contributed by atoms with Crippen molar-refractivity contribution in [2.24, 2.45) is 0 Å². The molecule has 4 N–H and O–H groups in total. The van der Waals surface area contributed by atoms with E-state index in [2.05, 4.69) is 75.5 Å². The van der Waals surface area contributed by atoms with E-state index in [1.54, 1.807) is 0 Å². The first-order chi connectivity index (χ1) is 15.1. The number of ether oxygens (including phenoxy) is 1. The van der Waals surface area contributed by atoms with E-state index in [0.29, 0.717) is 17.6 Å². The summed E-state index contributed by atoms with van der Waals surface area (Å²) in [4.78, 5) is 11.0. The van der Waals surface area contributed by atoms with Gasteiger partial charge in [0.05, 0.1) is 5.56 Å². The van der Waals surface area contributed by atoms with Crippen LogP contribution in [0.4, 0.5) is 11.8 Å². The van der Waals surface area contributed by atoms with Gasteiger partial charge in [0.25, 0.3) is 0 Å². The molecule has 0 aliphatic carbocycles. The Morgan fingerprint density at radius 2 is 1.58 bits per heavy atom. The lowest BCUT2D eigenvalue weighted by Gasteiger charge is -2.29. The van der Waals surface area contributed by atoms with Crippen molar-refractivity contribution in [3.05, 3.63) is 77.4 Å². The number of benzene rings is 2. The maximum Gasteiger partial charge on any atom is 0.225 e. The van der Waals surface area contributed by atoms with Gasteiger partial charge < -0.3 is 21.1 Å². The SMILES string of the molecule is Nc1nc(N)c2c(n1)O[C@]1(CCCN(CC(c3ccccc3)c3ccccc3)CC1)C2. The van der Waals surface area contributed by atoms with Gasteiger partial charge in [-0.3, -0.25) is 0 Å². The Morgan fingerprint density at radius 1 is 0.903 bits per heavy atom. The molecule has 1 saturated heterocycles. The van der Waals surface area contributed by atoms with E-state index in [9.17, 15) is 0 Å². The van der Waals surface area contributed by atoms with Crippen LogP contribution < -0.4 is 16.2 Å². The van der Waals surface area contributed by atoms with Gasteiger partial charge in [0.1, 0.15) is 11.4 Å². The zero-order valence-electron chi connectivity index (χ0n) is 17.7. The number of likely N-dealkylation sites (tertiary alicyclic amines) is 1. The highest BCUT2D eigenvalue weighted by Gasteiger charge is 2.43. The molecule has 1 spiro atoms. The molecule has 0 amide bonds. The third-order valence-electron chi connectivity index (χ3n) is 6.67. The number of hydrogen-bond donors (Lipinski definition) is 2. The molecular formula is C25H29N5O. The van der Waals surface area contributed by atoms with E-state index in [-0.39, 0.29) is 11.5 Å². The molecule has 2 aromatic carbocycles. The van der Waals surface area contributed by atoms with Crippen LogP contribution in [0.2, 0.25) is 0 Å². The summed E-state index contributed by atoms with van der Waals surface area (Å²) in [6, 6.07) is 21.6. The summed E-state index contributed by atoms with van der Waals surface area (Å²) < 4.78 is 6.36. The average Bonchev–Trinajstić information content (AvgIpc) is 3.03. The molecule has 1 atom stereocenters. The minimum atomic E-state index is -0.247. The van der Waals surface area contributed by atoms with Gasteiger partial charge in [-0.1, -0.05) is 60.7 Å². The molecule has 1 aromatic heterocycles. The van der Waals surface area contributed by atoms with Crippen LogP contribution in [0.5, 0.6) is 5.88 Å². The highest BCUT2D eigenvalue weighted by Crippen LogP contribution is 2.42. The number of nitrogen functional groups attached to an aromatic ring is 2. The van der Waals surface area contributed by atoms with Crippen LogP contribution in [0.3, 0.4) is 0 Å². The van der Waals surface area contributed by atoms with E-state index in [4.69, 9.17) is 16.2 Å². The van der Waals surface area contributed by atoms with E-state index in [0.717, 1.165) is 50.9 Å². The maximum absolute atomic E-state index is 6.36. The third-order valence-corrected chi connectivity index (χ3v) is 6.67. The molecule has 160 valence electrons. The van der Waals surface area contributed by atoms with E-state index < -0.39 is 0 Å². The molecule has 1 fully saturated rings. The van der Waals surface area contributed by atoms with Gasteiger partial charge in [-0.2, -0.15) is 9.97 Å². The Labute approximate surface area is 183 Å². The Bertz CT molecular complexity index is 1000. The Morgan fingerprint density at radius 3 is 2.26 bits per heavy atom. The van der Waals surface area contributed by atoms with Gasteiger partial charge in [0, 0.05) is 31.8 Å². The molecule has 0 saturated carbocycles. The van der Waals surface area contributed by atoms with Crippen LogP contribution in [-0.2, 0) is 6.42 Å². The van der Waals surface area contributed by atoms with Gasteiger partial charge in [-0.15, -0.1) is 0 Å². The number of anilines is 2. The monoisotopic (exact) mass is 415 g/mol. The molecule has 6 heteroatoms. The van der Waals surface area contributed by atoms with Gasteiger partial charge in [0.2, 0.25) is 11.8 Å². The molecule has 2 aliphatic heterocycles. The van der Waals surface area contributed by atoms with Gasteiger partial charge >= 0.3 is 0 Å².